The van der Waals surface area contributed by atoms with Gasteiger partial charge in [-0.25, -0.2) is 4.79 Å². The summed E-state index contributed by atoms with van der Waals surface area (Å²) in [6, 6.07) is 7.68. The van der Waals surface area contributed by atoms with E-state index < -0.39 is 18.2 Å². The van der Waals surface area contributed by atoms with Crippen LogP contribution in [0.25, 0.3) is 0 Å². The Morgan fingerprint density at radius 1 is 1.21 bits per heavy atom. The van der Waals surface area contributed by atoms with Gasteiger partial charge < -0.3 is 33.2 Å². The predicted octanol–water partition coefficient (Wildman–Crippen LogP) is 7.45. The molecule has 7 atom stereocenters. The number of terminal acetylenes is 1. The van der Waals surface area contributed by atoms with Gasteiger partial charge >= 0.3 is 5.97 Å². The van der Waals surface area contributed by atoms with E-state index in [1.165, 1.54) is 11.6 Å². The minimum absolute atomic E-state index is 0.102. The molecule has 1 aromatic rings. The van der Waals surface area contributed by atoms with Gasteiger partial charge in [0.15, 0.2) is 0 Å². The maximum absolute atomic E-state index is 13.3. The van der Waals surface area contributed by atoms with Gasteiger partial charge in [-0.05, 0) is 62.6 Å². The standard InChI is InChI=1S/C40H54O8/c1-7-11-30(3)26-37-15-9-13-34(47-37)14-10-16-40(41)48-39(27-35(12-8-2)46-29-42-5)38(22-21-36-25-31(4)23-24-44-36)45-28-32-17-19-33(43-6)20-18-32/h1,8-10,13,16-23,30,34-39H,2,11-12,14-15,24-29H2,3-6H3/b16-10-,22-21+/t30-,34-,35-,36+,37-,38-,39-/m0/s1. The lowest BCUT2D eigenvalue weighted by Gasteiger charge is -2.29. The first-order chi connectivity index (χ1) is 23.3. The Balaban J connectivity index is 1.76. The van der Waals surface area contributed by atoms with E-state index in [2.05, 4.69) is 38.5 Å². The third-order valence-corrected chi connectivity index (χ3v) is 8.23. The minimum atomic E-state index is -0.675. The van der Waals surface area contributed by atoms with Crippen LogP contribution in [0.3, 0.4) is 0 Å². The lowest BCUT2D eigenvalue weighted by molar-refractivity contribution is -0.155. The zero-order valence-corrected chi connectivity index (χ0v) is 29.1. The van der Waals surface area contributed by atoms with Gasteiger partial charge in [-0.2, -0.15) is 0 Å². The summed E-state index contributed by atoms with van der Waals surface area (Å²) in [6.45, 7) is 9.08. The second kappa shape index (κ2) is 22.2. The number of hydrogen-bond donors (Lipinski definition) is 0. The third-order valence-electron chi connectivity index (χ3n) is 8.23. The molecular weight excluding hydrogens is 608 g/mol. The van der Waals surface area contributed by atoms with Crippen LogP contribution in [0.4, 0.5) is 0 Å². The molecule has 0 aliphatic carbocycles. The molecule has 3 rings (SSSR count). The maximum atomic E-state index is 13.3. The SMILES string of the molecule is C#CC[C@H](C)C[C@@H]1CC=C[C@@H](C/C=C\C(=O)O[C@@H](C[C@H](CC=C)OCOC)[C@H](/C=C/[C@@H]2CC(C)=CCO2)OCc2ccc(OC)cc2)O1. The summed E-state index contributed by atoms with van der Waals surface area (Å²) >= 11 is 0. The Morgan fingerprint density at radius 3 is 2.73 bits per heavy atom. The van der Waals surface area contributed by atoms with E-state index >= 15 is 0 Å². The first-order valence-electron chi connectivity index (χ1n) is 16.9. The third kappa shape index (κ3) is 14.8. The highest BCUT2D eigenvalue weighted by Gasteiger charge is 2.28. The first-order valence-corrected chi connectivity index (χ1v) is 16.9. The number of ether oxygens (including phenoxy) is 7. The van der Waals surface area contributed by atoms with Crippen molar-refractivity contribution in [2.45, 2.75) is 102 Å². The Bertz CT molecular complexity index is 1260. The van der Waals surface area contributed by atoms with Crippen LogP contribution in [0.15, 0.2) is 85.0 Å². The molecule has 8 heteroatoms. The highest BCUT2D eigenvalue weighted by atomic mass is 16.7. The molecular formula is C40H54O8. The largest absolute Gasteiger partial charge is 0.497 e. The van der Waals surface area contributed by atoms with Crippen LogP contribution in [-0.4, -0.2) is 70.2 Å². The molecule has 2 aliphatic rings. The van der Waals surface area contributed by atoms with E-state index in [1.54, 1.807) is 26.4 Å². The van der Waals surface area contributed by atoms with Crippen LogP contribution in [0.2, 0.25) is 0 Å². The number of rotatable bonds is 21. The van der Waals surface area contributed by atoms with E-state index in [-0.39, 0.29) is 31.2 Å². The average molecular weight is 663 g/mol. The summed E-state index contributed by atoms with van der Waals surface area (Å²) in [4.78, 5) is 13.3. The normalized spacial score (nSPS) is 22.1. The van der Waals surface area contributed by atoms with Gasteiger partial charge in [0.1, 0.15) is 24.8 Å². The molecule has 2 aliphatic heterocycles. The van der Waals surface area contributed by atoms with Gasteiger partial charge in [0.05, 0.1) is 44.7 Å². The van der Waals surface area contributed by atoms with Crippen LogP contribution in [0.1, 0.15) is 64.4 Å². The zero-order valence-electron chi connectivity index (χ0n) is 29.1. The van der Waals surface area contributed by atoms with Gasteiger partial charge in [0, 0.05) is 26.0 Å². The molecule has 2 heterocycles. The van der Waals surface area contributed by atoms with E-state index in [1.807, 2.05) is 42.5 Å². The van der Waals surface area contributed by atoms with Crippen LogP contribution in [0.5, 0.6) is 5.75 Å². The Hall–Kier alpha value is -3.45. The molecule has 48 heavy (non-hydrogen) atoms. The van der Waals surface area contributed by atoms with Crippen molar-refractivity contribution in [2.24, 2.45) is 5.92 Å². The first kappa shape index (κ1) is 39.0. The van der Waals surface area contributed by atoms with Gasteiger partial charge in [-0.15, -0.1) is 18.9 Å². The second-order valence-electron chi connectivity index (χ2n) is 12.4. The van der Waals surface area contributed by atoms with E-state index in [9.17, 15) is 4.79 Å². The maximum Gasteiger partial charge on any atom is 0.330 e. The molecule has 8 nitrogen and oxygen atoms in total. The Morgan fingerprint density at radius 2 is 2.02 bits per heavy atom. The molecule has 0 amide bonds. The smallest absolute Gasteiger partial charge is 0.330 e. The quantitative estimate of drug-likeness (QED) is 0.0442. The summed E-state index contributed by atoms with van der Waals surface area (Å²) in [7, 11) is 3.21. The van der Waals surface area contributed by atoms with Crippen molar-refractivity contribution in [2.75, 3.05) is 27.6 Å². The molecule has 0 aromatic heterocycles. The summed E-state index contributed by atoms with van der Waals surface area (Å²) in [5.41, 5.74) is 2.22. The van der Waals surface area contributed by atoms with E-state index in [0.717, 1.165) is 37.0 Å². The van der Waals surface area contributed by atoms with Gasteiger partial charge in [-0.1, -0.05) is 67.2 Å². The van der Waals surface area contributed by atoms with Gasteiger partial charge in [0.2, 0.25) is 0 Å². The molecule has 0 N–H and O–H groups in total. The Labute approximate surface area is 287 Å². The molecule has 0 bridgehead atoms. The summed E-state index contributed by atoms with van der Waals surface area (Å²) in [6.07, 6.45) is 23.8. The van der Waals surface area contributed by atoms with E-state index in [4.69, 9.17) is 39.6 Å². The lowest BCUT2D eigenvalue weighted by atomic mass is 9.97. The van der Waals surface area contributed by atoms with Crippen molar-refractivity contribution in [1.29, 1.82) is 0 Å². The average Bonchev–Trinajstić information content (AvgIpc) is 3.07. The van der Waals surface area contributed by atoms with Gasteiger partial charge in [0.25, 0.3) is 0 Å². The molecule has 262 valence electrons. The van der Waals surface area contributed by atoms with Crippen molar-refractivity contribution >= 4 is 5.97 Å². The number of benzene rings is 1. The molecule has 0 unspecified atom stereocenters. The van der Waals surface area contributed by atoms with Crippen LogP contribution < -0.4 is 4.74 Å². The molecule has 0 saturated heterocycles. The fourth-order valence-corrected chi connectivity index (χ4v) is 5.66. The molecule has 0 spiro atoms. The molecule has 0 saturated carbocycles. The number of carbonyl (C=O) groups excluding carboxylic acids is 1. The second-order valence-corrected chi connectivity index (χ2v) is 12.4. The fourth-order valence-electron chi connectivity index (χ4n) is 5.66. The molecule has 0 radical (unpaired) electrons. The fraction of sp³-hybridized carbons (Fsp3) is 0.525. The van der Waals surface area contributed by atoms with Crippen molar-refractivity contribution in [1.82, 2.24) is 0 Å². The highest BCUT2D eigenvalue weighted by Crippen LogP contribution is 2.24. The lowest BCUT2D eigenvalue weighted by Crippen LogP contribution is -2.36. The zero-order chi connectivity index (χ0) is 34.6. The van der Waals surface area contributed by atoms with Crippen molar-refractivity contribution in [3.05, 3.63) is 90.6 Å². The molecule has 0 fully saturated rings. The summed E-state index contributed by atoms with van der Waals surface area (Å²) in [5.74, 6) is 3.42. The molecule has 1 aromatic carbocycles. The minimum Gasteiger partial charge on any atom is -0.497 e. The number of carbonyl (C=O) groups is 1. The topological polar surface area (TPSA) is 81.7 Å². The van der Waals surface area contributed by atoms with E-state index in [0.29, 0.717) is 38.4 Å². The number of hydrogen-bond acceptors (Lipinski definition) is 8. The Kier molecular flexibility index (Phi) is 18.1. The van der Waals surface area contributed by atoms with Crippen LogP contribution >= 0.6 is 0 Å². The van der Waals surface area contributed by atoms with Crippen molar-refractivity contribution in [3.63, 3.8) is 0 Å². The highest BCUT2D eigenvalue weighted by molar-refractivity contribution is 5.82. The van der Waals surface area contributed by atoms with Crippen molar-refractivity contribution < 1.29 is 38.0 Å². The summed E-state index contributed by atoms with van der Waals surface area (Å²) < 4.78 is 41.2. The number of methoxy groups -OCH3 is 2. The van der Waals surface area contributed by atoms with Crippen LogP contribution in [-0.2, 0) is 39.8 Å². The van der Waals surface area contributed by atoms with Gasteiger partial charge in [-0.3, -0.25) is 0 Å². The number of esters is 1. The van der Waals surface area contributed by atoms with Crippen molar-refractivity contribution in [3.8, 4) is 18.1 Å². The van der Waals surface area contributed by atoms with Crippen LogP contribution in [0, 0.1) is 18.3 Å². The summed E-state index contributed by atoms with van der Waals surface area (Å²) in [5, 5.41) is 0. The monoisotopic (exact) mass is 662 g/mol. The predicted molar refractivity (Wildman–Crippen MR) is 188 cm³/mol.